The maximum Gasteiger partial charge on any atom is 0.246 e. The molecule has 0 bridgehead atoms. The highest BCUT2D eigenvalue weighted by Gasteiger charge is 2.17. The van der Waals surface area contributed by atoms with Crippen molar-refractivity contribution in [1.82, 2.24) is 4.90 Å². The molecule has 1 heterocycles. The Labute approximate surface area is 191 Å². The summed E-state index contributed by atoms with van der Waals surface area (Å²) in [4.78, 5) is 14.8. The molecule has 158 valence electrons. The Morgan fingerprint density at radius 2 is 1.77 bits per heavy atom. The van der Waals surface area contributed by atoms with Crippen molar-refractivity contribution < 1.29 is 14.3 Å². The molecule has 0 aliphatic carbocycles. The van der Waals surface area contributed by atoms with Gasteiger partial charge in [-0.15, -0.1) is 0 Å². The van der Waals surface area contributed by atoms with Crippen LogP contribution in [0.15, 0.2) is 72.8 Å². The van der Waals surface area contributed by atoms with E-state index in [1.807, 2.05) is 66.7 Å². The van der Waals surface area contributed by atoms with Crippen molar-refractivity contribution in [3.05, 3.63) is 99.5 Å². The molecule has 3 aromatic carbocycles. The molecular formula is C25H21Cl2NO3. The van der Waals surface area contributed by atoms with Crippen LogP contribution in [0.2, 0.25) is 10.0 Å². The molecule has 0 aromatic heterocycles. The van der Waals surface area contributed by atoms with Crippen molar-refractivity contribution in [2.45, 2.75) is 13.0 Å². The van der Waals surface area contributed by atoms with Crippen LogP contribution in [0.4, 0.5) is 0 Å². The minimum atomic E-state index is -0.0772. The van der Waals surface area contributed by atoms with Crippen molar-refractivity contribution >= 4 is 35.2 Å². The molecule has 0 atom stereocenters. The average Bonchev–Trinajstić information content (AvgIpc) is 3.24. The fraction of sp³-hybridized carbons (Fsp3) is 0.160. The number of rotatable bonds is 7. The number of amides is 1. The summed E-state index contributed by atoms with van der Waals surface area (Å²) >= 11 is 12.3. The van der Waals surface area contributed by atoms with Crippen LogP contribution >= 0.6 is 23.2 Å². The summed E-state index contributed by atoms with van der Waals surface area (Å²) in [5.41, 5.74) is 2.88. The van der Waals surface area contributed by atoms with E-state index in [1.54, 1.807) is 17.0 Å². The molecule has 0 saturated heterocycles. The van der Waals surface area contributed by atoms with Crippen LogP contribution < -0.4 is 9.47 Å². The fourth-order valence-electron chi connectivity index (χ4n) is 3.34. The molecule has 4 nitrogen and oxygen atoms in total. The smallest absolute Gasteiger partial charge is 0.246 e. The fourth-order valence-corrected chi connectivity index (χ4v) is 3.85. The number of hydrogen-bond acceptors (Lipinski definition) is 3. The minimum absolute atomic E-state index is 0.0772. The van der Waals surface area contributed by atoms with Gasteiger partial charge < -0.3 is 14.4 Å². The lowest BCUT2D eigenvalue weighted by molar-refractivity contribution is -0.126. The summed E-state index contributed by atoms with van der Waals surface area (Å²) in [6.45, 7) is 1.17. The highest BCUT2D eigenvalue weighted by molar-refractivity contribution is 6.35. The second-order valence-electron chi connectivity index (χ2n) is 7.18. The summed E-state index contributed by atoms with van der Waals surface area (Å²) in [6, 6.07) is 20.9. The van der Waals surface area contributed by atoms with Crippen molar-refractivity contribution in [2.24, 2.45) is 0 Å². The number of halogens is 2. The Morgan fingerprint density at radius 1 is 0.968 bits per heavy atom. The molecule has 0 N–H and O–H groups in total. The van der Waals surface area contributed by atoms with E-state index in [9.17, 15) is 4.79 Å². The monoisotopic (exact) mass is 453 g/mol. The molecule has 1 aliphatic rings. The SMILES string of the molecule is O=C(/C=C/c1ccccc1)N(CCc1ccc(Cl)cc1Cl)Cc1ccc2c(c1)OCO2. The number of hydrogen-bond donors (Lipinski definition) is 0. The summed E-state index contributed by atoms with van der Waals surface area (Å²) in [5, 5.41) is 1.19. The van der Waals surface area contributed by atoms with E-state index in [2.05, 4.69) is 0 Å². The Hall–Kier alpha value is -2.95. The molecule has 31 heavy (non-hydrogen) atoms. The molecule has 4 rings (SSSR count). The lowest BCUT2D eigenvalue weighted by atomic mass is 10.1. The van der Waals surface area contributed by atoms with Gasteiger partial charge in [0.25, 0.3) is 0 Å². The Kier molecular flexibility index (Phi) is 6.80. The maximum atomic E-state index is 13.0. The van der Waals surface area contributed by atoms with Crippen LogP contribution in [0.3, 0.4) is 0 Å². The third kappa shape index (κ3) is 5.60. The largest absolute Gasteiger partial charge is 0.454 e. The van der Waals surface area contributed by atoms with E-state index >= 15 is 0 Å². The maximum absolute atomic E-state index is 13.0. The predicted octanol–water partition coefficient (Wildman–Crippen LogP) is 6.01. The third-order valence-corrected chi connectivity index (χ3v) is 5.59. The van der Waals surface area contributed by atoms with Crippen LogP contribution in [0.1, 0.15) is 16.7 Å². The van der Waals surface area contributed by atoms with Crippen molar-refractivity contribution in [3.8, 4) is 11.5 Å². The first-order valence-corrected chi connectivity index (χ1v) is 10.7. The van der Waals surface area contributed by atoms with Gasteiger partial charge >= 0.3 is 0 Å². The minimum Gasteiger partial charge on any atom is -0.454 e. The van der Waals surface area contributed by atoms with E-state index in [0.717, 1.165) is 22.4 Å². The lowest BCUT2D eigenvalue weighted by Gasteiger charge is -2.22. The predicted molar refractivity (Wildman–Crippen MR) is 124 cm³/mol. The molecule has 0 fully saturated rings. The quantitative estimate of drug-likeness (QED) is 0.411. The molecule has 0 saturated carbocycles. The molecular weight excluding hydrogens is 433 g/mol. The lowest BCUT2D eigenvalue weighted by Crippen LogP contribution is -2.31. The van der Waals surface area contributed by atoms with Crippen LogP contribution in [0.25, 0.3) is 6.08 Å². The Bertz CT molecular complexity index is 1100. The van der Waals surface area contributed by atoms with Gasteiger partial charge in [0.15, 0.2) is 11.5 Å². The van der Waals surface area contributed by atoms with Crippen LogP contribution in [-0.4, -0.2) is 24.1 Å². The second kappa shape index (κ2) is 9.90. The zero-order chi connectivity index (χ0) is 21.6. The third-order valence-electron chi connectivity index (χ3n) is 5.01. The standard InChI is InChI=1S/C25H21Cl2NO3/c26-21-9-8-20(22(27)15-21)12-13-28(25(29)11-7-18-4-2-1-3-5-18)16-19-6-10-23-24(14-19)31-17-30-23/h1-11,14-15H,12-13,16-17H2/b11-7+. The summed E-state index contributed by atoms with van der Waals surface area (Å²) in [7, 11) is 0. The molecule has 0 radical (unpaired) electrons. The van der Waals surface area contributed by atoms with Crippen LogP contribution in [-0.2, 0) is 17.8 Å². The molecule has 3 aromatic rings. The number of carbonyl (C=O) groups excluding carboxylic acids is 1. The normalized spacial score (nSPS) is 12.3. The molecule has 0 spiro atoms. The average molecular weight is 454 g/mol. The highest BCUT2D eigenvalue weighted by atomic mass is 35.5. The number of ether oxygens (including phenoxy) is 2. The number of nitrogens with zero attached hydrogens (tertiary/aromatic N) is 1. The molecule has 0 unspecified atom stereocenters. The Balaban J connectivity index is 1.52. The van der Waals surface area contributed by atoms with Gasteiger partial charge in [-0.1, -0.05) is 65.7 Å². The van der Waals surface area contributed by atoms with Gasteiger partial charge in [-0.25, -0.2) is 0 Å². The zero-order valence-corrected chi connectivity index (χ0v) is 18.3. The topological polar surface area (TPSA) is 38.8 Å². The van der Waals surface area contributed by atoms with E-state index in [4.69, 9.17) is 32.7 Å². The number of benzene rings is 3. The van der Waals surface area contributed by atoms with Crippen molar-refractivity contribution in [2.75, 3.05) is 13.3 Å². The molecule has 1 aliphatic heterocycles. The molecule has 1 amide bonds. The van der Waals surface area contributed by atoms with E-state index in [0.29, 0.717) is 35.3 Å². The first-order chi connectivity index (χ1) is 15.1. The van der Waals surface area contributed by atoms with Gasteiger partial charge in [0.2, 0.25) is 12.7 Å². The number of fused-ring (bicyclic) bond motifs is 1. The van der Waals surface area contributed by atoms with Gasteiger partial charge in [-0.2, -0.15) is 0 Å². The zero-order valence-electron chi connectivity index (χ0n) is 16.8. The highest BCUT2D eigenvalue weighted by Crippen LogP contribution is 2.33. The summed E-state index contributed by atoms with van der Waals surface area (Å²) in [5.74, 6) is 1.34. The van der Waals surface area contributed by atoms with Gasteiger partial charge in [0, 0.05) is 29.2 Å². The molecule has 6 heteroatoms. The summed E-state index contributed by atoms with van der Waals surface area (Å²) in [6.07, 6.45) is 4.04. The summed E-state index contributed by atoms with van der Waals surface area (Å²) < 4.78 is 10.9. The van der Waals surface area contributed by atoms with Gasteiger partial charge in [-0.05, 0) is 53.5 Å². The van der Waals surface area contributed by atoms with Crippen LogP contribution in [0.5, 0.6) is 11.5 Å². The van der Waals surface area contributed by atoms with Crippen LogP contribution in [0, 0.1) is 0 Å². The van der Waals surface area contributed by atoms with Gasteiger partial charge in [-0.3, -0.25) is 4.79 Å². The number of carbonyl (C=O) groups is 1. The van der Waals surface area contributed by atoms with Crippen molar-refractivity contribution in [3.63, 3.8) is 0 Å². The van der Waals surface area contributed by atoms with E-state index in [1.165, 1.54) is 0 Å². The van der Waals surface area contributed by atoms with E-state index < -0.39 is 0 Å². The first-order valence-electron chi connectivity index (χ1n) is 9.93. The van der Waals surface area contributed by atoms with Crippen molar-refractivity contribution in [1.29, 1.82) is 0 Å². The van der Waals surface area contributed by atoms with Gasteiger partial charge in [0.1, 0.15) is 0 Å². The van der Waals surface area contributed by atoms with Gasteiger partial charge in [0.05, 0.1) is 0 Å². The second-order valence-corrected chi connectivity index (χ2v) is 8.02. The first kappa shape index (κ1) is 21.3. The van der Waals surface area contributed by atoms with E-state index in [-0.39, 0.29) is 12.7 Å². The Morgan fingerprint density at radius 3 is 2.58 bits per heavy atom.